The van der Waals surface area contributed by atoms with Gasteiger partial charge in [0.05, 0.1) is 12.3 Å². The number of fused-ring (bicyclic) bond motifs is 1. The second-order valence-corrected chi connectivity index (χ2v) is 9.19. The first-order valence-corrected chi connectivity index (χ1v) is 11.7. The number of furan rings is 1. The molecule has 0 spiro atoms. The first kappa shape index (κ1) is 23.0. The molecule has 3 heterocycles. The van der Waals surface area contributed by atoms with E-state index in [0.29, 0.717) is 11.7 Å². The largest absolute Gasteiger partial charge is 0.459 e. The van der Waals surface area contributed by atoms with Crippen LogP contribution >= 0.6 is 0 Å². The van der Waals surface area contributed by atoms with Crippen LogP contribution in [0.15, 0.2) is 58.7 Å². The van der Waals surface area contributed by atoms with Gasteiger partial charge in [-0.25, -0.2) is 0 Å². The number of carbonyl (C=O) groups excluding carboxylic acids is 1. The lowest BCUT2D eigenvalue weighted by Crippen LogP contribution is -2.32. The first-order chi connectivity index (χ1) is 16.0. The molecular formula is C26H33N5O2. The summed E-state index contributed by atoms with van der Waals surface area (Å²) >= 11 is 0. The molecule has 0 fully saturated rings. The van der Waals surface area contributed by atoms with Gasteiger partial charge in [-0.05, 0) is 37.0 Å². The van der Waals surface area contributed by atoms with E-state index in [4.69, 9.17) is 4.42 Å². The van der Waals surface area contributed by atoms with Gasteiger partial charge in [-0.1, -0.05) is 55.8 Å². The summed E-state index contributed by atoms with van der Waals surface area (Å²) in [6.45, 7) is 10.1. The predicted molar refractivity (Wildman–Crippen MR) is 129 cm³/mol. The average molecular weight is 448 g/mol. The number of nitrogens with one attached hydrogen (secondary N) is 1. The molecule has 2 aromatic heterocycles. The van der Waals surface area contributed by atoms with Crippen LogP contribution in [0.3, 0.4) is 0 Å². The highest BCUT2D eigenvalue weighted by atomic mass is 16.3. The Kier molecular flexibility index (Phi) is 7.40. The minimum Gasteiger partial charge on any atom is -0.459 e. The smallest absolute Gasteiger partial charge is 0.287 e. The van der Waals surface area contributed by atoms with Gasteiger partial charge in [-0.2, -0.15) is 0 Å². The summed E-state index contributed by atoms with van der Waals surface area (Å²) in [6, 6.07) is 13.6. The number of hydrogen-bond donors (Lipinski definition) is 1. The molecule has 1 aliphatic rings. The zero-order chi connectivity index (χ0) is 23.2. The first-order valence-electron chi connectivity index (χ1n) is 11.7. The van der Waals surface area contributed by atoms with E-state index >= 15 is 0 Å². The quantitative estimate of drug-likeness (QED) is 0.556. The van der Waals surface area contributed by atoms with Crippen molar-refractivity contribution in [1.82, 2.24) is 25.0 Å². The lowest BCUT2D eigenvalue weighted by atomic mass is 10.0. The van der Waals surface area contributed by atoms with Crippen LogP contribution in [0.5, 0.6) is 0 Å². The van der Waals surface area contributed by atoms with Crippen molar-refractivity contribution in [2.45, 2.75) is 46.2 Å². The Morgan fingerprint density at radius 1 is 1.12 bits per heavy atom. The molecule has 0 aliphatic carbocycles. The van der Waals surface area contributed by atoms with Gasteiger partial charge >= 0.3 is 0 Å². The molecule has 0 bridgehead atoms. The van der Waals surface area contributed by atoms with Crippen molar-refractivity contribution >= 4 is 12.0 Å². The molecule has 7 nitrogen and oxygen atoms in total. The van der Waals surface area contributed by atoms with Crippen molar-refractivity contribution in [2.75, 3.05) is 19.6 Å². The molecule has 4 rings (SSSR count). The summed E-state index contributed by atoms with van der Waals surface area (Å²) in [4.78, 5) is 15.1. The van der Waals surface area contributed by atoms with Crippen molar-refractivity contribution in [3.63, 3.8) is 0 Å². The van der Waals surface area contributed by atoms with Gasteiger partial charge < -0.3 is 14.3 Å². The van der Waals surface area contributed by atoms with Crippen LogP contribution in [0.2, 0.25) is 0 Å². The topological polar surface area (TPSA) is 76.2 Å². The van der Waals surface area contributed by atoms with Crippen LogP contribution in [0.4, 0.5) is 0 Å². The number of rotatable bonds is 8. The van der Waals surface area contributed by atoms with Gasteiger partial charge in [0.1, 0.15) is 5.82 Å². The van der Waals surface area contributed by atoms with E-state index in [1.165, 1.54) is 17.4 Å². The van der Waals surface area contributed by atoms with Crippen molar-refractivity contribution in [2.24, 2.45) is 5.92 Å². The highest BCUT2D eigenvalue weighted by molar-refractivity contribution is 5.91. The van der Waals surface area contributed by atoms with E-state index in [2.05, 4.69) is 76.1 Å². The summed E-state index contributed by atoms with van der Waals surface area (Å²) in [5.74, 6) is 2.30. The van der Waals surface area contributed by atoms with Crippen molar-refractivity contribution in [1.29, 1.82) is 0 Å². The Morgan fingerprint density at radius 3 is 2.67 bits per heavy atom. The van der Waals surface area contributed by atoms with E-state index in [9.17, 15) is 4.79 Å². The molecule has 1 amide bonds. The third-order valence-corrected chi connectivity index (χ3v) is 5.90. The van der Waals surface area contributed by atoms with Crippen molar-refractivity contribution < 1.29 is 9.21 Å². The Hall–Kier alpha value is -3.19. The average Bonchev–Trinajstić information content (AvgIpc) is 3.42. The highest BCUT2D eigenvalue weighted by Crippen LogP contribution is 2.23. The molecule has 1 unspecified atom stereocenters. The molecule has 1 aliphatic heterocycles. The maximum Gasteiger partial charge on any atom is 0.287 e. The SMILES string of the molecule is C/C(=C\c1ccccc1)CN1CCc2nnc(C(CC(C)C)NC(=O)c3ccco3)n2CC1. The number of benzene rings is 1. The summed E-state index contributed by atoms with van der Waals surface area (Å²) in [5, 5.41) is 12.1. The molecule has 7 heteroatoms. The fraction of sp³-hybridized carbons (Fsp3) is 0.423. The van der Waals surface area contributed by atoms with Crippen LogP contribution in [0.25, 0.3) is 6.08 Å². The van der Waals surface area contributed by atoms with E-state index in [-0.39, 0.29) is 11.9 Å². The lowest BCUT2D eigenvalue weighted by Gasteiger charge is -2.22. The monoisotopic (exact) mass is 447 g/mol. The second-order valence-electron chi connectivity index (χ2n) is 9.19. The van der Waals surface area contributed by atoms with Crippen LogP contribution in [-0.2, 0) is 13.0 Å². The maximum atomic E-state index is 12.7. The number of carbonyl (C=O) groups is 1. The predicted octanol–water partition coefficient (Wildman–Crippen LogP) is 4.35. The fourth-order valence-electron chi connectivity index (χ4n) is 4.37. The zero-order valence-electron chi connectivity index (χ0n) is 19.7. The van der Waals surface area contributed by atoms with E-state index in [1.54, 1.807) is 12.1 Å². The van der Waals surface area contributed by atoms with E-state index in [1.807, 2.05) is 6.07 Å². The van der Waals surface area contributed by atoms with Gasteiger partial charge in [0, 0.05) is 32.6 Å². The molecule has 1 atom stereocenters. The molecule has 33 heavy (non-hydrogen) atoms. The number of nitrogens with zero attached hydrogens (tertiary/aromatic N) is 4. The summed E-state index contributed by atoms with van der Waals surface area (Å²) in [6.07, 6.45) is 5.39. The molecule has 0 saturated carbocycles. The van der Waals surface area contributed by atoms with Gasteiger partial charge in [-0.3, -0.25) is 9.69 Å². The fourth-order valence-corrected chi connectivity index (χ4v) is 4.37. The molecule has 0 radical (unpaired) electrons. The Balaban J connectivity index is 1.45. The Bertz CT molecular complexity index is 1070. The van der Waals surface area contributed by atoms with Crippen LogP contribution in [0, 0.1) is 5.92 Å². The third kappa shape index (κ3) is 5.99. The molecule has 3 aromatic rings. The molecule has 1 N–H and O–H groups in total. The van der Waals surface area contributed by atoms with E-state index < -0.39 is 0 Å². The Labute approximate surface area is 195 Å². The van der Waals surface area contributed by atoms with Crippen molar-refractivity contribution in [3.05, 3.63) is 77.3 Å². The van der Waals surface area contributed by atoms with Crippen LogP contribution in [0.1, 0.15) is 61.0 Å². The molecule has 174 valence electrons. The molecular weight excluding hydrogens is 414 g/mol. The van der Waals surface area contributed by atoms with Gasteiger partial charge in [0.2, 0.25) is 0 Å². The normalized spacial score (nSPS) is 15.8. The third-order valence-electron chi connectivity index (χ3n) is 5.90. The minimum absolute atomic E-state index is 0.213. The highest BCUT2D eigenvalue weighted by Gasteiger charge is 2.27. The summed E-state index contributed by atoms with van der Waals surface area (Å²) < 4.78 is 7.48. The number of amides is 1. The summed E-state index contributed by atoms with van der Waals surface area (Å²) in [5.41, 5.74) is 2.57. The maximum absolute atomic E-state index is 12.7. The molecule has 0 saturated heterocycles. The second kappa shape index (κ2) is 10.6. The van der Waals surface area contributed by atoms with Crippen LogP contribution in [-0.4, -0.2) is 45.2 Å². The number of hydrogen-bond acceptors (Lipinski definition) is 5. The summed E-state index contributed by atoms with van der Waals surface area (Å²) in [7, 11) is 0. The number of aromatic nitrogens is 3. The zero-order valence-corrected chi connectivity index (χ0v) is 19.7. The van der Waals surface area contributed by atoms with Gasteiger partial charge in [0.25, 0.3) is 5.91 Å². The van der Waals surface area contributed by atoms with E-state index in [0.717, 1.165) is 50.7 Å². The van der Waals surface area contributed by atoms with Crippen molar-refractivity contribution in [3.8, 4) is 0 Å². The van der Waals surface area contributed by atoms with Gasteiger partial charge in [-0.15, -0.1) is 10.2 Å². The lowest BCUT2D eigenvalue weighted by molar-refractivity contribution is 0.0900. The minimum atomic E-state index is -0.222. The van der Waals surface area contributed by atoms with Gasteiger partial charge in [0.15, 0.2) is 11.6 Å². The van der Waals surface area contributed by atoms with Crippen LogP contribution < -0.4 is 5.32 Å². The molecule has 1 aromatic carbocycles. The Morgan fingerprint density at radius 2 is 1.94 bits per heavy atom. The standard InChI is InChI=1S/C26H33N5O2/c1-19(2)16-22(27-26(32)23-10-7-15-33-23)25-29-28-24-11-12-30(13-14-31(24)25)18-20(3)17-21-8-5-4-6-9-21/h4-10,15,17,19,22H,11-14,16,18H2,1-3H3,(H,27,32)/b20-17+.